The number of aromatic nitrogens is 2. The Bertz CT molecular complexity index is 470. The molecule has 0 atom stereocenters. The fraction of sp³-hybridized carbons (Fsp3) is 0.273. The summed E-state index contributed by atoms with van der Waals surface area (Å²) in [5.41, 5.74) is 6.45. The van der Waals surface area contributed by atoms with Crippen LogP contribution in [0.15, 0.2) is 28.8 Å². The molecule has 0 aliphatic carbocycles. The van der Waals surface area contributed by atoms with E-state index in [9.17, 15) is 0 Å². The average molecular weight is 238 g/mol. The van der Waals surface area contributed by atoms with Crippen LogP contribution < -0.4 is 5.73 Å². The third-order valence-corrected chi connectivity index (χ3v) is 2.36. The Labute approximate surface area is 98.4 Å². The lowest BCUT2D eigenvalue weighted by Gasteiger charge is -1.96. The van der Waals surface area contributed by atoms with Crippen molar-refractivity contribution in [2.45, 2.75) is 12.8 Å². The van der Waals surface area contributed by atoms with E-state index in [0.29, 0.717) is 36.1 Å². The number of halogens is 1. The first kappa shape index (κ1) is 11.1. The van der Waals surface area contributed by atoms with Crippen LogP contribution in [0, 0.1) is 0 Å². The van der Waals surface area contributed by atoms with Crippen LogP contribution in [0.4, 0.5) is 0 Å². The summed E-state index contributed by atoms with van der Waals surface area (Å²) in [5, 5.41) is 4.53. The monoisotopic (exact) mass is 237 g/mol. The van der Waals surface area contributed by atoms with Crippen molar-refractivity contribution >= 4 is 11.6 Å². The van der Waals surface area contributed by atoms with Crippen LogP contribution in [0.3, 0.4) is 0 Å². The van der Waals surface area contributed by atoms with Crippen LogP contribution in [-0.4, -0.2) is 16.7 Å². The Morgan fingerprint density at radius 3 is 3.00 bits per heavy atom. The molecule has 1 aromatic heterocycles. The molecule has 84 valence electrons. The summed E-state index contributed by atoms with van der Waals surface area (Å²) in [6.07, 6.45) is 1.23. The third-order valence-electron chi connectivity index (χ3n) is 2.12. The van der Waals surface area contributed by atoms with Gasteiger partial charge in [0.15, 0.2) is 5.82 Å². The zero-order chi connectivity index (χ0) is 11.4. The van der Waals surface area contributed by atoms with Gasteiger partial charge in [-0.1, -0.05) is 28.9 Å². The van der Waals surface area contributed by atoms with Gasteiger partial charge < -0.3 is 10.3 Å². The highest BCUT2D eigenvalue weighted by Gasteiger charge is 2.06. The number of rotatable bonds is 4. The molecule has 0 spiro atoms. The normalized spacial score (nSPS) is 10.6. The lowest BCUT2D eigenvalue weighted by molar-refractivity contribution is 0.379. The van der Waals surface area contributed by atoms with Gasteiger partial charge in [-0.25, -0.2) is 0 Å². The second-order valence-electron chi connectivity index (χ2n) is 3.45. The van der Waals surface area contributed by atoms with Gasteiger partial charge in [-0.3, -0.25) is 0 Å². The topological polar surface area (TPSA) is 64.9 Å². The molecule has 0 radical (unpaired) electrons. The molecule has 0 aliphatic rings. The van der Waals surface area contributed by atoms with Crippen molar-refractivity contribution < 1.29 is 4.52 Å². The van der Waals surface area contributed by atoms with E-state index in [1.54, 1.807) is 0 Å². The molecule has 0 aliphatic heterocycles. The summed E-state index contributed by atoms with van der Waals surface area (Å²) < 4.78 is 5.10. The second-order valence-corrected chi connectivity index (χ2v) is 3.89. The first-order valence-electron chi connectivity index (χ1n) is 5.04. The fourth-order valence-corrected chi connectivity index (χ4v) is 1.63. The summed E-state index contributed by atoms with van der Waals surface area (Å²) in [6, 6.07) is 7.58. The Hall–Kier alpha value is -1.39. The van der Waals surface area contributed by atoms with Gasteiger partial charge in [0.2, 0.25) is 5.89 Å². The molecule has 2 rings (SSSR count). The van der Waals surface area contributed by atoms with Crippen molar-refractivity contribution in [3.8, 4) is 0 Å². The SMILES string of the molecule is NCCc1noc(Cc2cccc(Cl)c2)n1. The molecule has 4 nitrogen and oxygen atoms in total. The highest BCUT2D eigenvalue weighted by atomic mass is 35.5. The van der Waals surface area contributed by atoms with Gasteiger partial charge >= 0.3 is 0 Å². The molecule has 0 unspecified atom stereocenters. The Morgan fingerprint density at radius 2 is 2.25 bits per heavy atom. The van der Waals surface area contributed by atoms with Gasteiger partial charge in [-0.05, 0) is 24.2 Å². The number of benzene rings is 1. The zero-order valence-electron chi connectivity index (χ0n) is 8.69. The molecule has 2 aromatic rings. The summed E-state index contributed by atoms with van der Waals surface area (Å²) in [7, 11) is 0. The summed E-state index contributed by atoms with van der Waals surface area (Å²) >= 11 is 5.88. The molecule has 1 heterocycles. The highest BCUT2D eigenvalue weighted by Crippen LogP contribution is 2.13. The van der Waals surface area contributed by atoms with E-state index < -0.39 is 0 Å². The molecule has 0 saturated carbocycles. The molecule has 2 N–H and O–H groups in total. The molecule has 16 heavy (non-hydrogen) atoms. The molecular weight excluding hydrogens is 226 g/mol. The first-order chi connectivity index (χ1) is 7.78. The van der Waals surface area contributed by atoms with Gasteiger partial charge in [0.1, 0.15) is 0 Å². The van der Waals surface area contributed by atoms with Crippen LogP contribution in [-0.2, 0) is 12.8 Å². The van der Waals surface area contributed by atoms with Gasteiger partial charge in [0.25, 0.3) is 0 Å². The number of nitrogens with two attached hydrogens (primary N) is 1. The minimum absolute atomic E-state index is 0.524. The zero-order valence-corrected chi connectivity index (χ0v) is 9.44. The average Bonchev–Trinajstić information content (AvgIpc) is 2.66. The predicted octanol–water partition coefficient (Wildman–Crippen LogP) is 1.81. The third kappa shape index (κ3) is 2.81. The second kappa shape index (κ2) is 5.09. The first-order valence-corrected chi connectivity index (χ1v) is 5.41. The van der Waals surface area contributed by atoms with Gasteiger partial charge in [0, 0.05) is 11.4 Å². The van der Waals surface area contributed by atoms with Crippen molar-refractivity contribution in [1.82, 2.24) is 10.1 Å². The highest BCUT2D eigenvalue weighted by molar-refractivity contribution is 6.30. The molecule has 1 aromatic carbocycles. The van der Waals surface area contributed by atoms with Crippen molar-refractivity contribution in [2.75, 3.05) is 6.54 Å². The van der Waals surface area contributed by atoms with E-state index in [2.05, 4.69) is 10.1 Å². The van der Waals surface area contributed by atoms with Gasteiger partial charge in [-0.2, -0.15) is 4.98 Å². The van der Waals surface area contributed by atoms with Gasteiger partial charge in [-0.15, -0.1) is 0 Å². The maximum absolute atomic E-state index is 5.88. The van der Waals surface area contributed by atoms with Crippen LogP contribution in [0.2, 0.25) is 5.02 Å². The van der Waals surface area contributed by atoms with Gasteiger partial charge in [0.05, 0.1) is 6.42 Å². The van der Waals surface area contributed by atoms with Crippen LogP contribution in [0.5, 0.6) is 0 Å². The smallest absolute Gasteiger partial charge is 0.231 e. The molecular formula is C11H12ClN3O. The lowest BCUT2D eigenvalue weighted by Crippen LogP contribution is -2.04. The van der Waals surface area contributed by atoms with Crippen LogP contribution in [0.1, 0.15) is 17.3 Å². The van der Waals surface area contributed by atoms with Crippen molar-refractivity contribution in [1.29, 1.82) is 0 Å². The number of hydrogen-bond donors (Lipinski definition) is 1. The Kier molecular flexibility index (Phi) is 3.54. The lowest BCUT2D eigenvalue weighted by atomic mass is 10.1. The van der Waals surface area contributed by atoms with Crippen molar-refractivity contribution in [2.24, 2.45) is 5.73 Å². The quantitative estimate of drug-likeness (QED) is 0.881. The maximum Gasteiger partial charge on any atom is 0.231 e. The Balaban J connectivity index is 2.08. The predicted molar refractivity (Wildman–Crippen MR) is 61.3 cm³/mol. The van der Waals surface area contributed by atoms with E-state index >= 15 is 0 Å². The van der Waals surface area contributed by atoms with E-state index in [1.165, 1.54) is 0 Å². The van der Waals surface area contributed by atoms with E-state index in [0.717, 1.165) is 5.56 Å². The van der Waals surface area contributed by atoms with E-state index in [1.807, 2.05) is 24.3 Å². The Morgan fingerprint density at radius 1 is 1.38 bits per heavy atom. The van der Waals surface area contributed by atoms with E-state index in [-0.39, 0.29) is 0 Å². The maximum atomic E-state index is 5.88. The molecule has 5 heteroatoms. The standard InChI is InChI=1S/C11H12ClN3O/c12-9-3-1-2-8(6-9)7-11-14-10(4-5-13)15-16-11/h1-3,6H,4-5,7,13H2. The summed E-state index contributed by atoms with van der Waals surface area (Å²) in [4.78, 5) is 4.22. The molecule has 0 saturated heterocycles. The molecule has 0 amide bonds. The summed E-state index contributed by atoms with van der Waals surface area (Å²) in [6.45, 7) is 0.524. The largest absolute Gasteiger partial charge is 0.339 e. The minimum atomic E-state index is 0.524. The fourth-order valence-electron chi connectivity index (χ4n) is 1.41. The molecule has 0 bridgehead atoms. The molecule has 0 fully saturated rings. The van der Waals surface area contributed by atoms with E-state index in [4.69, 9.17) is 21.9 Å². The van der Waals surface area contributed by atoms with Crippen molar-refractivity contribution in [3.05, 3.63) is 46.6 Å². The number of nitrogens with zero attached hydrogens (tertiary/aromatic N) is 2. The number of hydrogen-bond acceptors (Lipinski definition) is 4. The van der Waals surface area contributed by atoms with Crippen molar-refractivity contribution in [3.63, 3.8) is 0 Å². The summed E-state index contributed by atoms with van der Waals surface area (Å²) in [5.74, 6) is 1.24. The van der Waals surface area contributed by atoms with Crippen LogP contribution in [0.25, 0.3) is 0 Å². The van der Waals surface area contributed by atoms with Crippen LogP contribution >= 0.6 is 11.6 Å². The minimum Gasteiger partial charge on any atom is -0.339 e.